The second kappa shape index (κ2) is 4.92. The van der Waals surface area contributed by atoms with Gasteiger partial charge in [-0.3, -0.25) is 0 Å². The molecule has 3 heteroatoms. The van der Waals surface area contributed by atoms with Gasteiger partial charge < -0.3 is 5.32 Å². The maximum Gasteiger partial charge on any atom is 0.156 e. The molecule has 1 N–H and O–H groups in total. The van der Waals surface area contributed by atoms with Crippen molar-refractivity contribution < 1.29 is 0 Å². The van der Waals surface area contributed by atoms with Crippen LogP contribution in [0.15, 0.2) is 30.5 Å². The van der Waals surface area contributed by atoms with Crippen molar-refractivity contribution in [3.63, 3.8) is 0 Å². The number of nitrogens with one attached hydrogen (secondary N) is 1. The van der Waals surface area contributed by atoms with E-state index < -0.39 is 0 Å². The number of aromatic nitrogens is 2. The van der Waals surface area contributed by atoms with Gasteiger partial charge in [-0.15, -0.1) is 5.10 Å². The predicted octanol–water partition coefficient (Wildman–Crippen LogP) is 3.23. The van der Waals surface area contributed by atoms with Crippen LogP contribution in [0, 0.1) is 0 Å². The average molecular weight is 215 g/mol. The zero-order valence-electron chi connectivity index (χ0n) is 9.77. The van der Waals surface area contributed by atoms with E-state index in [4.69, 9.17) is 0 Å². The van der Waals surface area contributed by atoms with Crippen LogP contribution < -0.4 is 5.32 Å². The molecule has 0 saturated heterocycles. The molecule has 0 fully saturated rings. The number of hydrogen-bond donors (Lipinski definition) is 1. The third kappa shape index (κ3) is 2.13. The van der Waals surface area contributed by atoms with E-state index in [2.05, 4.69) is 41.5 Å². The van der Waals surface area contributed by atoms with Crippen molar-refractivity contribution in [1.82, 2.24) is 10.2 Å². The molecule has 0 spiro atoms. The summed E-state index contributed by atoms with van der Waals surface area (Å²) in [6.07, 6.45) is 4.00. The summed E-state index contributed by atoms with van der Waals surface area (Å²) in [5, 5.41) is 13.9. The van der Waals surface area contributed by atoms with Crippen LogP contribution in [0.4, 0.5) is 5.82 Å². The Kier molecular flexibility index (Phi) is 3.34. The molecule has 84 valence electrons. The van der Waals surface area contributed by atoms with Crippen LogP contribution >= 0.6 is 0 Å². The monoisotopic (exact) mass is 215 g/mol. The summed E-state index contributed by atoms with van der Waals surface area (Å²) >= 11 is 0. The highest BCUT2D eigenvalue weighted by Gasteiger charge is 2.07. The average Bonchev–Trinajstić information content (AvgIpc) is 2.36. The predicted molar refractivity (Wildman–Crippen MR) is 67.5 cm³/mol. The van der Waals surface area contributed by atoms with Crippen molar-refractivity contribution >= 4 is 16.6 Å². The smallest absolute Gasteiger partial charge is 0.156 e. The molecule has 0 saturated carbocycles. The number of fused-ring (bicyclic) bond motifs is 1. The molecule has 0 atom stereocenters. The quantitative estimate of drug-likeness (QED) is 0.850. The standard InChI is InChI=1S/C13H17N3/c1-3-11(4-2)15-13-12-8-6-5-7-10(12)9-14-16-13/h5-9,11H,3-4H2,1-2H3,(H,15,16). The molecular weight excluding hydrogens is 198 g/mol. The Hall–Kier alpha value is -1.64. The molecule has 0 aliphatic rings. The van der Waals surface area contributed by atoms with E-state index >= 15 is 0 Å². The van der Waals surface area contributed by atoms with Crippen molar-refractivity contribution in [3.05, 3.63) is 30.5 Å². The van der Waals surface area contributed by atoms with Gasteiger partial charge >= 0.3 is 0 Å². The van der Waals surface area contributed by atoms with E-state index in [1.165, 1.54) is 0 Å². The van der Waals surface area contributed by atoms with Crippen molar-refractivity contribution in [1.29, 1.82) is 0 Å². The molecule has 0 unspecified atom stereocenters. The Bertz CT molecular complexity index is 458. The summed E-state index contributed by atoms with van der Waals surface area (Å²) in [6, 6.07) is 8.66. The van der Waals surface area contributed by atoms with Crippen LogP contribution in [-0.4, -0.2) is 16.2 Å². The maximum absolute atomic E-state index is 4.18. The second-order valence-electron chi connectivity index (χ2n) is 3.94. The fourth-order valence-electron chi connectivity index (χ4n) is 1.82. The fraction of sp³-hybridized carbons (Fsp3) is 0.385. The molecule has 0 aliphatic heterocycles. The molecule has 1 heterocycles. The second-order valence-corrected chi connectivity index (χ2v) is 3.94. The van der Waals surface area contributed by atoms with E-state index in [1.54, 1.807) is 6.20 Å². The van der Waals surface area contributed by atoms with Gasteiger partial charge in [-0.2, -0.15) is 5.10 Å². The van der Waals surface area contributed by atoms with E-state index in [0.717, 1.165) is 29.4 Å². The molecule has 3 nitrogen and oxygen atoms in total. The molecule has 1 aromatic heterocycles. The molecule has 1 aromatic carbocycles. The van der Waals surface area contributed by atoms with Crippen molar-refractivity contribution in [2.75, 3.05) is 5.32 Å². The lowest BCUT2D eigenvalue weighted by Crippen LogP contribution is -2.18. The van der Waals surface area contributed by atoms with E-state index in [0.29, 0.717) is 6.04 Å². The first-order valence-electron chi connectivity index (χ1n) is 5.82. The summed E-state index contributed by atoms with van der Waals surface area (Å²) in [7, 11) is 0. The van der Waals surface area contributed by atoms with Gasteiger partial charge in [0, 0.05) is 16.8 Å². The van der Waals surface area contributed by atoms with Gasteiger partial charge in [-0.05, 0) is 12.8 Å². The summed E-state index contributed by atoms with van der Waals surface area (Å²) in [4.78, 5) is 0. The molecule has 16 heavy (non-hydrogen) atoms. The first-order valence-corrected chi connectivity index (χ1v) is 5.82. The van der Waals surface area contributed by atoms with Gasteiger partial charge in [0.2, 0.25) is 0 Å². The minimum atomic E-state index is 0.472. The lowest BCUT2D eigenvalue weighted by atomic mass is 10.1. The van der Waals surface area contributed by atoms with Gasteiger partial charge in [0.1, 0.15) is 0 Å². The highest BCUT2D eigenvalue weighted by atomic mass is 15.2. The van der Waals surface area contributed by atoms with Gasteiger partial charge in [-0.1, -0.05) is 38.1 Å². The summed E-state index contributed by atoms with van der Waals surface area (Å²) < 4.78 is 0. The minimum Gasteiger partial charge on any atom is -0.365 e. The van der Waals surface area contributed by atoms with Crippen LogP contribution in [0.5, 0.6) is 0 Å². The van der Waals surface area contributed by atoms with Crippen LogP contribution in [0.25, 0.3) is 10.8 Å². The Labute approximate surface area is 95.9 Å². The van der Waals surface area contributed by atoms with Gasteiger partial charge in [0.05, 0.1) is 6.20 Å². The topological polar surface area (TPSA) is 37.8 Å². The number of hydrogen-bond acceptors (Lipinski definition) is 3. The molecule has 0 aliphatic carbocycles. The Balaban J connectivity index is 2.36. The largest absolute Gasteiger partial charge is 0.365 e. The first-order chi connectivity index (χ1) is 7.85. The van der Waals surface area contributed by atoms with Gasteiger partial charge in [-0.25, -0.2) is 0 Å². The Morgan fingerprint density at radius 1 is 1.19 bits per heavy atom. The van der Waals surface area contributed by atoms with Crippen LogP contribution in [-0.2, 0) is 0 Å². The number of anilines is 1. The maximum atomic E-state index is 4.18. The number of benzene rings is 1. The van der Waals surface area contributed by atoms with E-state index in [-0.39, 0.29) is 0 Å². The van der Waals surface area contributed by atoms with Gasteiger partial charge in [0.25, 0.3) is 0 Å². The zero-order chi connectivity index (χ0) is 11.4. The fourth-order valence-corrected chi connectivity index (χ4v) is 1.82. The molecule has 2 aromatic rings. The normalized spacial score (nSPS) is 10.9. The van der Waals surface area contributed by atoms with Crippen LogP contribution in [0.1, 0.15) is 26.7 Å². The van der Waals surface area contributed by atoms with Gasteiger partial charge in [0.15, 0.2) is 5.82 Å². The highest BCUT2D eigenvalue weighted by molar-refractivity contribution is 5.90. The third-order valence-electron chi connectivity index (χ3n) is 2.90. The molecule has 0 amide bonds. The minimum absolute atomic E-state index is 0.472. The Morgan fingerprint density at radius 2 is 1.94 bits per heavy atom. The number of nitrogens with zero attached hydrogens (tertiary/aromatic N) is 2. The summed E-state index contributed by atoms with van der Waals surface area (Å²) in [5.74, 6) is 0.895. The molecular formula is C13H17N3. The highest BCUT2D eigenvalue weighted by Crippen LogP contribution is 2.20. The lowest BCUT2D eigenvalue weighted by Gasteiger charge is -2.16. The van der Waals surface area contributed by atoms with E-state index in [9.17, 15) is 0 Å². The van der Waals surface area contributed by atoms with Crippen molar-refractivity contribution in [2.24, 2.45) is 0 Å². The van der Waals surface area contributed by atoms with E-state index in [1.807, 2.05) is 12.1 Å². The van der Waals surface area contributed by atoms with Crippen molar-refractivity contribution in [3.8, 4) is 0 Å². The Morgan fingerprint density at radius 3 is 2.69 bits per heavy atom. The molecule has 2 rings (SSSR count). The lowest BCUT2D eigenvalue weighted by molar-refractivity contribution is 0.667. The van der Waals surface area contributed by atoms with Crippen LogP contribution in [0.2, 0.25) is 0 Å². The first kappa shape index (κ1) is 10.9. The molecule has 0 bridgehead atoms. The zero-order valence-corrected chi connectivity index (χ0v) is 9.77. The summed E-state index contributed by atoms with van der Waals surface area (Å²) in [5.41, 5.74) is 0. The number of rotatable bonds is 4. The SMILES string of the molecule is CCC(CC)Nc1nncc2ccccc12. The molecule has 0 radical (unpaired) electrons. The van der Waals surface area contributed by atoms with Crippen molar-refractivity contribution in [2.45, 2.75) is 32.7 Å². The van der Waals surface area contributed by atoms with Crippen LogP contribution in [0.3, 0.4) is 0 Å². The summed E-state index contributed by atoms with van der Waals surface area (Å²) in [6.45, 7) is 4.36. The third-order valence-corrected chi connectivity index (χ3v) is 2.90.